The summed E-state index contributed by atoms with van der Waals surface area (Å²) in [6.07, 6.45) is 7.97. The molecule has 5 rings (SSSR count). The average molecular weight is 470 g/mol. The number of fused-ring (bicyclic) bond motifs is 1. The van der Waals surface area contributed by atoms with E-state index in [0.29, 0.717) is 34.9 Å². The van der Waals surface area contributed by atoms with Crippen molar-refractivity contribution >= 4 is 40.6 Å². The predicted octanol–water partition coefficient (Wildman–Crippen LogP) is 3.96. The molecule has 9 heteroatoms. The maximum absolute atomic E-state index is 13.1. The number of hydrogen-bond acceptors (Lipinski definition) is 7. The second-order valence-corrected chi connectivity index (χ2v) is 9.63. The van der Waals surface area contributed by atoms with Crippen molar-refractivity contribution in [1.82, 2.24) is 19.8 Å². The standard InChI is InChI=1S/C24H32ClN7O/c1-26-24-27-14-18(25)22(29-24)28-19-6-7-20(17-15-30(2)23(33)21(17)19)32-12-8-16(9-13-32)31-10-4-3-5-11-31/h6-7,14,16H,3-5,8-13,15H2,1-2H3,(H2,26,27,28,29). The van der Waals surface area contributed by atoms with Crippen LogP contribution >= 0.6 is 11.6 Å². The van der Waals surface area contributed by atoms with Gasteiger partial charge in [-0.05, 0) is 50.9 Å². The third-order valence-electron chi connectivity index (χ3n) is 7.18. The molecule has 0 spiro atoms. The van der Waals surface area contributed by atoms with Gasteiger partial charge in [0.05, 0.1) is 17.4 Å². The lowest BCUT2D eigenvalue weighted by Crippen LogP contribution is -2.47. The number of aromatic nitrogens is 2. The Kier molecular flexibility index (Phi) is 6.29. The Morgan fingerprint density at radius 1 is 1.09 bits per heavy atom. The molecule has 3 aliphatic heterocycles. The number of nitrogens with one attached hydrogen (secondary N) is 2. The molecule has 0 bridgehead atoms. The Bertz CT molecular complexity index is 1030. The van der Waals surface area contributed by atoms with Crippen LogP contribution in [0.5, 0.6) is 0 Å². The molecular formula is C24H32ClN7O. The number of nitrogens with zero attached hydrogens (tertiary/aromatic N) is 5. The van der Waals surface area contributed by atoms with E-state index >= 15 is 0 Å². The van der Waals surface area contributed by atoms with Crippen LogP contribution in [0.2, 0.25) is 5.02 Å². The number of rotatable bonds is 5. The SMILES string of the molecule is CNc1ncc(Cl)c(Nc2ccc(N3CCC(N4CCCCC4)CC3)c3c2C(=O)N(C)C3)n1. The van der Waals surface area contributed by atoms with Crippen LogP contribution < -0.4 is 15.5 Å². The van der Waals surface area contributed by atoms with Gasteiger partial charge in [-0.15, -0.1) is 0 Å². The first-order chi connectivity index (χ1) is 16.0. The van der Waals surface area contributed by atoms with Gasteiger partial charge in [-0.2, -0.15) is 4.98 Å². The second-order valence-electron chi connectivity index (χ2n) is 9.23. The number of piperidine rings is 2. The minimum absolute atomic E-state index is 0.0246. The van der Waals surface area contributed by atoms with E-state index in [9.17, 15) is 4.79 Å². The first-order valence-corrected chi connectivity index (χ1v) is 12.3. The molecule has 0 atom stereocenters. The number of carbonyl (C=O) groups is 1. The summed E-state index contributed by atoms with van der Waals surface area (Å²) in [5.74, 6) is 0.974. The van der Waals surface area contributed by atoms with Gasteiger partial charge < -0.3 is 25.3 Å². The zero-order valence-electron chi connectivity index (χ0n) is 19.4. The first kappa shape index (κ1) is 22.2. The summed E-state index contributed by atoms with van der Waals surface area (Å²) >= 11 is 6.33. The van der Waals surface area contributed by atoms with Crippen LogP contribution in [-0.2, 0) is 6.54 Å². The monoisotopic (exact) mass is 469 g/mol. The molecule has 4 heterocycles. The third-order valence-corrected chi connectivity index (χ3v) is 7.45. The fraction of sp³-hybridized carbons (Fsp3) is 0.542. The van der Waals surface area contributed by atoms with E-state index in [0.717, 1.165) is 24.3 Å². The van der Waals surface area contributed by atoms with Gasteiger partial charge in [0.15, 0.2) is 5.82 Å². The largest absolute Gasteiger partial charge is 0.371 e. The molecule has 2 aromatic rings. The van der Waals surface area contributed by atoms with E-state index in [1.165, 1.54) is 50.9 Å². The van der Waals surface area contributed by atoms with E-state index in [1.54, 1.807) is 18.1 Å². The van der Waals surface area contributed by atoms with Crippen molar-refractivity contribution in [3.05, 3.63) is 34.5 Å². The number of carbonyl (C=O) groups excluding carboxylic acids is 1. The van der Waals surface area contributed by atoms with Gasteiger partial charge in [-0.3, -0.25) is 4.79 Å². The maximum atomic E-state index is 13.1. The molecule has 2 saturated heterocycles. The Balaban J connectivity index is 1.39. The minimum atomic E-state index is 0.0246. The van der Waals surface area contributed by atoms with E-state index in [2.05, 4.69) is 36.5 Å². The van der Waals surface area contributed by atoms with Gasteiger partial charge >= 0.3 is 0 Å². The number of anilines is 4. The number of halogens is 1. The zero-order chi connectivity index (χ0) is 22.9. The molecule has 0 unspecified atom stereocenters. The molecule has 2 fully saturated rings. The van der Waals surface area contributed by atoms with Crippen LogP contribution in [0.3, 0.4) is 0 Å². The topological polar surface area (TPSA) is 76.6 Å². The van der Waals surface area contributed by atoms with Crippen LogP contribution in [0.4, 0.5) is 23.1 Å². The van der Waals surface area contributed by atoms with Crippen molar-refractivity contribution in [2.24, 2.45) is 0 Å². The molecule has 0 saturated carbocycles. The van der Waals surface area contributed by atoms with Crippen LogP contribution in [0.25, 0.3) is 0 Å². The summed E-state index contributed by atoms with van der Waals surface area (Å²) in [6, 6.07) is 4.82. The normalized spacial score (nSPS) is 19.7. The highest BCUT2D eigenvalue weighted by Crippen LogP contribution is 2.39. The zero-order valence-corrected chi connectivity index (χ0v) is 20.2. The average Bonchev–Trinajstić information content (AvgIpc) is 3.16. The van der Waals surface area contributed by atoms with Gasteiger partial charge in [-0.25, -0.2) is 4.98 Å². The molecule has 1 amide bonds. The summed E-state index contributed by atoms with van der Waals surface area (Å²) in [4.78, 5) is 28.6. The fourth-order valence-electron chi connectivity index (χ4n) is 5.40. The van der Waals surface area contributed by atoms with E-state index in [-0.39, 0.29) is 5.91 Å². The molecule has 8 nitrogen and oxygen atoms in total. The third kappa shape index (κ3) is 4.34. The molecule has 1 aromatic carbocycles. The van der Waals surface area contributed by atoms with Gasteiger partial charge in [0.25, 0.3) is 5.91 Å². The Morgan fingerprint density at radius 2 is 1.85 bits per heavy atom. The lowest BCUT2D eigenvalue weighted by molar-refractivity contribution is 0.0817. The van der Waals surface area contributed by atoms with Crippen LogP contribution in [0.1, 0.15) is 48.0 Å². The molecule has 176 valence electrons. The van der Waals surface area contributed by atoms with E-state index in [4.69, 9.17) is 11.6 Å². The number of amides is 1. The number of likely N-dealkylation sites (tertiary alicyclic amines) is 1. The molecule has 2 N–H and O–H groups in total. The smallest absolute Gasteiger partial charge is 0.256 e. The van der Waals surface area contributed by atoms with Gasteiger partial charge in [0.2, 0.25) is 5.95 Å². The molecule has 0 radical (unpaired) electrons. The quantitative estimate of drug-likeness (QED) is 0.686. The summed E-state index contributed by atoms with van der Waals surface area (Å²) in [5.41, 5.74) is 3.71. The molecule has 0 aliphatic carbocycles. The van der Waals surface area contributed by atoms with Crippen molar-refractivity contribution in [1.29, 1.82) is 0 Å². The first-order valence-electron chi connectivity index (χ1n) is 11.9. The fourth-order valence-corrected chi connectivity index (χ4v) is 5.54. The highest BCUT2D eigenvalue weighted by atomic mass is 35.5. The van der Waals surface area contributed by atoms with Crippen molar-refractivity contribution in [2.45, 2.75) is 44.7 Å². The number of benzene rings is 1. The Morgan fingerprint density at radius 3 is 2.58 bits per heavy atom. The van der Waals surface area contributed by atoms with Gasteiger partial charge in [0.1, 0.15) is 5.02 Å². The minimum Gasteiger partial charge on any atom is -0.371 e. The molecule has 3 aliphatic rings. The summed E-state index contributed by atoms with van der Waals surface area (Å²) in [5, 5.41) is 6.61. The Labute approximate surface area is 200 Å². The molecular weight excluding hydrogens is 438 g/mol. The van der Waals surface area contributed by atoms with Crippen molar-refractivity contribution in [2.75, 3.05) is 55.8 Å². The predicted molar refractivity (Wildman–Crippen MR) is 133 cm³/mol. The molecule has 33 heavy (non-hydrogen) atoms. The van der Waals surface area contributed by atoms with Crippen molar-refractivity contribution in [3.63, 3.8) is 0 Å². The van der Waals surface area contributed by atoms with E-state index in [1.807, 2.05) is 13.1 Å². The lowest BCUT2D eigenvalue weighted by atomic mass is 9.97. The summed E-state index contributed by atoms with van der Waals surface area (Å²) in [7, 11) is 3.61. The second kappa shape index (κ2) is 9.35. The van der Waals surface area contributed by atoms with Gasteiger partial charge in [-0.1, -0.05) is 18.0 Å². The Hall–Kier alpha value is -2.58. The molecule has 1 aromatic heterocycles. The highest BCUT2D eigenvalue weighted by Gasteiger charge is 2.33. The number of hydrogen-bond donors (Lipinski definition) is 2. The van der Waals surface area contributed by atoms with Gasteiger partial charge in [0, 0.05) is 51.0 Å². The van der Waals surface area contributed by atoms with Crippen molar-refractivity contribution in [3.8, 4) is 0 Å². The van der Waals surface area contributed by atoms with E-state index < -0.39 is 0 Å². The lowest BCUT2D eigenvalue weighted by Gasteiger charge is -2.41. The maximum Gasteiger partial charge on any atom is 0.256 e. The van der Waals surface area contributed by atoms with Crippen molar-refractivity contribution < 1.29 is 4.79 Å². The van der Waals surface area contributed by atoms with Crippen LogP contribution in [0, 0.1) is 0 Å². The van der Waals surface area contributed by atoms with Crippen LogP contribution in [-0.4, -0.2) is 72.0 Å². The summed E-state index contributed by atoms with van der Waals surface area (Å²) < 4.78 is 0. The van der Waals surface area contributed by atoms with Crippen LogP contribution in [0.15, 0.2) is 18.3 Å². The highest BCUT2D eigenvalue weighted by molar-refractivity contribution is 6.33. The summed E-state index contributed by atoms with van der Waals surface area (Å²) in [6.45, 7) is 5.18.